The standard InChI is InChI=1S/3C8H17O.CH3.Sn/c3*1-2-3-4-5-6-7-8-9;;/h3*2-8H2,1H3;1H3;/q3*-1;;+3. The Labute approximate surface area is 189 Å². The minimum absolute atomic E-state index is 0.825. The molecule has 0 fully saturated rings. The predicted octanol–water partition coefficient (Wildman–Crippen LogP) is 8.69. The molecule has 0 amide bonds. The third-order valence-corrected chi connectivity index (χ3v) is 11.8. The first-order valence-electron chi connectivity index (χ1n) is 13.1. The Balaban J connectivity index is 4.03. The maximum atomic E-state index is 6.29. The van der Waals surface area contributed by atoms with Crippen molar-refractivity contribution < 1.29 is 9.22 Å². The summed E-state index contributed by atoms with van der Waals surface area (Å²) >= 11 is -3.30. The van der Waals surface area contributed by atoms with Crippen molar-refractivity contribution in [3.63, 3.8) is 0 Å². The molecule has 0 aliphatic heterocycles. The van der Waals surface area contributed by atoms with Crippen molar-refractivity contribution in [1.82, 2.24) is 0 Å². The van der Waals surface area contributed by atoms with E-state index in [1.54, 1.807) is 0 Å². The van der Waals surface area contributed by atoms with Gasteiger partial charge >= 0.3 is 190 Å². The second-order valence-electron chi connectivity index (χ2n) is 8.71. The molecule has 0 unspecified atom stereocenters. The Morgan fingerprint density at radius 1 is 0.379 bits per heavy atom. The van der Waals surface area contributed by atoms with E-state index in [9.17, 15) is 0 Å². The molecule has 0 radical (unpaired) electrons. The van der Waals surface area contributed by atoms with Crippen LogP contribution in [0.3, 0.4) is 0 Å². The van der Waals surface area contributed by atoms with Crippen LogP contribution in [0.25, 0.3) is 0 Å². The summed E-state index contributed by atoms with van der Waals surface area (Å²) < 4.78 is 18.9. The zero-order chi connectivity index (χ0) is 21.5. The summed E-state index contributed by atoms with van der Waals surface area (Å²) in [7, 11) is 0. The fourth-order valence-corrected chi connectivity index (χ4v) is 8.67. The van der Waals surface area contributed by atoms with E-state index in [1.165, 1.54) is 96.3 Å². The van der Waals surface area contributed by atoms with Gasteiger partial charge in [-0.15, -0.1) is 0 Å². The second-order valence-corrected chi connectivity index (χ2v) is 16.1. The van der Waals surface area contributed by atoms with Crippen molar-refractivity contribution in [3.8, 4) is 0 Å². The average molecular weight is 521 g/mol. The van der Waals surface area contributed by atoms with E-state index in [1.807, 2.05) is 0 Å². The molecule has 0 saturated carbocycles. The minimum atomic E-state index is -3.30. The Bertz CT molecular complexity index is 267. The van der Waals surface area contributed by atoms with E-state index in [0.717, 1.165) is 39.1 Å². The summed E-state index contributed by atoms with van der Waals surface area (Å²) in [5.74, 6) is 0. The maximum absolute atomic E-state index is 6.29. The second kappa shape index (κ2) is 23.3. The van der Waals surface area contributed by atoms with Gasteiger partial charge in [0, 0.05) is 0 Å². The van der Waals surface area contributed by atoms with E-state index in [0.29, 0.717) is 0 Å². The van der Waals surface area contributed by atoms with Crippen LogP contribution in [0.2, 0.25) is 4.94 Å². The van der Waals surface area contributed by atoms with Crippen LogP contribution in [0, 0.1) is 0 Å². The molecule has 0 aliphatic rings. The topological polar surface area (TPSA) is 27.7 Å². The molecular formula is C25H54O3Sn. The molecule has 0 atom stereocenters. The number of unbranched alkanes of at least 4 members (excludes halogenated alkanes) is 15. The van der Waals surface area contributed by atoms with Crippen molar-refractivity contribution in [1.29, 1.82) is 0 Å². The Morgan fingerprint density at radius 2 is 0.621 bits per heavy atom. The molecule has 4 heteroatoms. The number of hydrogen-bond donors (Lipinski definition) is 0. The van der Waals surface area contributed by atoms with Gasteiger partial charge in [-0.1, -0.05) is 0 Å². The van der Waals surface area contributed by atoms with E-state index < -0.39 is 19.6 Å². The molecule has 0 aromatic carbocycles. The van der Waals surface area contributed by atoms with Gasteiger partial charge in [-0.2, -0.15) is 0 Å². The first-order chi connectivity index (χ1) is 14.2. The van der Waals surface area contributed by atoms with Crippen LogP contribution in [0.4, 0.5) is 0 Å². The van der Waals surface area contributed by atoms with E-state index in [-0.39, 0.29) is 0 Å². The first-order valence-corrected chi connectivity index (χ1v) is 19.4. The van der Waals surface area contributed by atoms with Crippen molar-refractivity contribution in [3.05, 3.63) is 0 Å². The molecule has 3 nitrogen and oxygen atoms in total. The van der Waals surface area contributed by atoms with Crippen molar-refractivity contribution in [2.24, 2.45) is 0 Å². The van der Waals surface area contributed by atoms with Crippen LogP contribution in [-0.4, -0.2) is 39.4 Å². The molecule has 176 valence electrons. The van der Waals surface area contributed by atoms with Gasteiger partial charge in [0.25, 0.3) is 0 Å². The molecule has 0 spiro atoms. The summed E-state index contributed by atoms with van der Waals surface area (Å²) in [6.07, 6.45) is 23.4. The van der Waals surface area contributed by atoms with Gasteiger partial charge in [0.15, 0.2) is 0 Å². The summed E-state index contributed by atoms with van der Waals surface area (Å²) in [5.41, 5.74) is 0. The van der Waals surface area contributed by atoms with Crippen LogP contribution >= 0.6 is 0 Å². The zero-order valence-corrected chi connectivity index (χ0v) is 23.4. The third kappa shape index (κ3) is 21.7. The van der Waals surface area contributed by atoms with Crippen LogP contribution in [-0.2, 0) is 9.22 Å². The van der Waals surface area contributed by atoms with Crippen LogP contribution in [0.1, 0.15) is 136 Å². The van der Waals surface area contributed by atoms with Gasteiger partial charge in [-0.25, -0.2) is 0 Å². The predicted molar refractivity (Wildman–Crippen MR) is 130 cm³/mol. The van der Waals surface area contributed by atoms with E-state index >= 15 is 0 Å². The molecule has 0 rings (SSSR count). The van der Waals surface area contributed by atoms with Gasteiger partial charge in [-0.05, 0) is 0 Å². The van der Waals surface area contributed by atoms with Gasteiger partial charge in [0.2, 0.25) is 0 Å². The average Bonchev–Trinajstić information content (AvgIpc) is 2.72. The first kappa shape index (κ1) is 29.7. The fourth-order valence-electron chi connectivity index (χ4n) is 3.54. The fraction of sp³-hybridized carbons (Fsp3) is 1.00. The van der Waals surface area contributed by atoms with Crippen molar-refractivity contribution in [2.45, 2.75) is 141 Å². The molecular weight excluding hydrogens is 467 g/mol. The Kier molecular flexibility index (Phi) is 23.9. The van der Waals surface area contributed by atoms with Crippen molar-refractivity contribution in [2.75, 3.05) is 19.8 Å². The monoisotopic (exact) mass is 522 g/mol. The zero-order valence-electron chi connectivity index (χ0n) is 20.6. The van der Waals surface area contributed by atoms with Gasteiger partial charge in [0.05, 0.1) is 0 Å². The summed E-state index contributed by atoms with van der Waals surface area (Å²) in [6.45, 7) is 9.28. The number of hydrogen-bond acceptors (Lipinski definition) is 3. The summed E-state index contributed by atoms with van der Waals surface area (Å²) in [6, 6.07) is 0. The van der Waals surface area contributed by atoms with Gasteiger partial charge in [0.1, 0.15) is 0 Å². The van der Waals surface area contributed by atoms with E-state index in [2.05, 4.69) is 25.7 Å². The molecule has 0 heterocycles. The third-order valence-electron chi connectivity index (χ3n) is 5.59. The molecule has 0 N–H and O–H groups in total. The van der Waals surface area contributed by atoms with E-state index in [4.69, 9.17) is 9.22 Å². The number of rotatable bonds is 24. The Morgan fingerprint density at radius 3 is 0.897 bits per heavy atom. The molecule has 29 heavy (non-hydrogen) atoms. The SMILES string of the molecule is CCCCCCCC[O][Sn]([CH3])([O]CCCCCCCC)[O]CCCCCCCC. The molecule has 0 aromatic heterocycles. The summed E-state index contributed by atoms with van der Waals surface area (Å²) in [5, 5.41) is 0. The van der Waals surface area contributed by atoms with Crippen LogP contribution < -0.4 is 0 Å². The normalized spacial score (nSPS) is 12.0. The molecule has 0 bridgehead atoms. The Hall–Kier alpha value is 0.679. The molecule has 0 aromatic rings. The van der Waals surface area contributed by atoms with Crippen LogP contribution in [0.5, 0.6) is 0 Å². The molecule has 0 saturated heterocycles. The van der Waals surface area contributed by atoms with Crippen molar-refractivity contribution >= 4 is 19.6 Å². The van der Waals surface area contributed by atoms with Crippen LogP contribution in [0.15, 0.2) is 0 Å². The molecule has 0 aliphatic carbocycles. The van der Waals surface area contributed by atoms with Gasteiger partial charge < -0.3 is 0 Å². The summed E-state index contributed by atoms with van der Waals surface area (Å²) in [4.78, 5) is 2.18. The van der Waals surface area contributed by atoms with Gasteiger partial charge in [-0.3, -0.25) is 0 Å². The quantitative estimate of drug-likeness (QED) is 0.0940.